The van der Waals surface area contributed by atoms with Gasteiger partial charge in [0, 0.05) is 59.6 Å². The number of unbranched alkanes of at least 4 members (excludes halogenated alkanes) is 1. The molecule has 3 aromatic rings. The van der Waals surface area contributed by atoms with Gasteiger partial charge in [-0.2, -0.15) is 0 Å². The van der Waals surface area contributed by atoms with Crippen molar-refractivity contribution in [2.45, 2.75) is 71.6 Å². The van der Waals surface area contributed by atoms with E-state index in [0.29, 0.717) is 61.0 Å². The Kier molecular flexibility index (Phi) is 12.4. The van der Waals surface area contributed by atoms with E-state index in [0.717, 1.165) is 16.7 Å². The number of Topliss-reactive ketones (excluding diaryl/α,β-unsaturated/α-hetero) is 1. The van der Waals surface area contributed by atoms with Crippen LogP contribution in [0.1, 0.15) is 88.3 Å². The Balaban J connectivity index is 1.58. The third-order valence-corrected chi connectivity index (χ3v) is 7.73. The molecule has 1 heterocycles. The minimum atomic E-state index is -0.578. The quantitative estimate of drug-likeness (QED) is 0.0695. The number of carbonyl (C=O) groups is 4. The first-order valence-corrected chi connectivity index (χ1v) is 15.9. The van der Waals surface area contributed by atoms with E-state index >= 15 is 0 Å². The molecule has 10 heteroatoms. The van der Waals surface area contributed by atoms with Crippen molar-refractivity contribution in [2.24, 2.45) is 5.92 Å². The number of fused-ring (bicyclic) bond motifs is 2. The van der Waals surface area contributed by atoms with E-state index in [1.807, 2.05) is 45.0 Å². The van der Waals surface area contributed by atoms with Crippen molar-refractivity contribution in [1.82, 2.24) is 0 Å². The SMILES string of the molecule is CCCOC(=O)CCC(=O)Oc1ccc2c(c1)Oc1cc(OC(=O)CCCCC(=O)C(C)C)ccc1C2c1ccc(OC)cc1OC. The summed E-state index contributed by atoms with van der Waals surface area (Å²) < 4.78 is 33.7. The second-order valence-corrected chi connectivity index (χ2v) is 11.5. The zero-order valence-electron chi connectivity index (χ0n) is 27.6. The van der Waals surface area contributed by atoms with Crippen molar-refractivity contribution in [3.8, 4) is 34.5 Å². The molecule has 0 N–H and O–H groups in total. The van der Waals surface area contributed by atoms with Gasteiger partial charge in [0.25, 0.3) is 0 Å². The number of methoxy groups -OCH3 is 2. The Morgan fingerprint density at radius 3 is 1.81 bits per heavy atom. The zero-order valence-corrected chi connectivity index (χ0v) is 27.6. The van der Waals surface area contributed by atoms with Gasteiger partial charge in [0.2, 0.25) is 0 Å². The Labute approximate surface area is 275 Å². The van der Waals surface area contributed by atoms with E-state index < -0.39 is 17.9 Å². The zero-order chi connectivity index (χ0) is 33.9. The highest BCUT2D eigenvalue weighted by Crippen LogP contribution is 2.51. The molecular weight excluding hydrogens is 604 g/mol. The van der Waals surface area contributed by atoms with Crippen LogP contribution in [0.3, 0.4) is 0 Å². The van der Waals surface area contributed by atoms with Crippen molar-refractivity contribution in [3.05, 3.63) is 71.3 Å². The highest BCUT2D eigenvalue weighted by molar-refractivity contribution is 5.80. The van der Waals surface area contributed by atoms with Gasteiger partial charge in [-0.15, -0.1) is 0 Å². The molecule has 0 radical (unpaired) electrons. The maximum Gasteiger partial charge on any atom is 0.311 e. The first-order chi connectivity index (χ1) is 22.6. The Hall–Kier alpha value is -4.86. The van der Waals surface area contributed by atoms with Crippen LogP contribution < -0.4 is 23.7 Å². The molecule has 0 aromatic heterocycles. The summed E-state index contributed by atoms with van der Waals surface area (Å²) in [6.45, 7) is 5.93. The fourth-order valence-electron chi connectivity index (χ4n) is 5.20. The smallest absolute Gasteiger partial charge is 0.311 e. The molecule has 1 aliphatic heterocycles. The summed E-state index contributed by atoms with van der Waals surface area (Å²) in [5.41, 5.74) is 2.45. The molecule has 1 aliphatic rings. The summed E-state index contributed by atoms with van der Waals surface area (Å²) >= 11 is 0. The van der Waals surface area contributed by atoms with Gasteiger partial charge in [-0.25, -0.2) is 0 Å². The first-order valence-electron chi connectivity index (χ1n) is 15.9. The summed E-state index contributed by atoms with van der Waals surface area (Å²) in [6, 6.07) is 15.9. The van der Waals surface area contributed by atoms with Crippen LogP contribution in [0.15, 0.2) is 54.6 Å². The molecule has 0 aliphatic carbocycles. The number of carbonyl (C=O) groups excluding carboxylic acids is 4. The molecule has 0 amide bonds. The van der Waals surface area contributed by atoms with Crippen molar-refractivity contribution in [2.75, 3.05) is 20.8 Å². The van der Waals surface area contributed by atoms with E-state index in [1.165, 1.54) is 0 Å². The Morgan fingerprint density at radius 2 is 1.23 bits per heavy atom. The molecule has 1 atom stereocenters. The third kappa shape index (κ3) is 9.34. The normalized spacial score (nSPS) is 13.1. The lowest BCUT2D eigenvalue weighted by Crippen LogP contribution is -2.15. The topological polar surface area (TPSA) is 124 Å². The van der Waals surface area contributed by atoms with E-state index in [-0.39, 0.29) is 42.6 Å². The highest BCUT2D eigenvalue weighted by Gasteiger charge is 2.32. The van der Waals surface area contributed by atoms with Crippen LogP contribution in [-0.2, 0) is 23.9 Å². The minimum Gasteiger partial charge on any atom is -0.497 e. The summed E-state index contributed by atoms with van der Waals surface area (Å²) in [5.74, 6) is 1.06. The van der Waals surface area contributed by atoms with E-state index in [9.17, 15) is 19.2 Å². The average molecular weight is 647 g/mol. The molecular formula is C37H42O10. The van der Waals surface area contributed by atoms with Gasteiger partial charge in [-0.1, -0.05) is 39.0 Å². The first kappa shape index (κ1) is 35.0. The number of ether oxygens (including phenoxy) is 6. The molecule has 0 saturated carbocycles. The third-order valence-electron chi connectivity index (χ3n) is 7.73. The fraction of sp³-hybridized carbons (Fsp3) is 0.405. The molecule has 10 nitrogen and oxygen atoms in total. The Morgan fingerprint density at radius 1 is 0.681 bits per heavy atom. The molecule has 4 rings (SSSR count). The van der Waals surface area contributed by atoms with Gasteiger partial charge >= 0.3 is 17.9 Å². The number of benzene rings is 3. The van der Waals surface area contributed by atoms with Crippen LogP contribution in [0.2, 0.25) is 0 Å². The van der Waals surface area contributed by atoms with Crippen molar-refractivity contribution in [1.29, 1.82) is 0 Å². The monoisotopic (exact) mass is 646 g/mol. The maximum absolute atomic E-state index is 12.6. The van der Waals surface area contributed by atoms with Crippen LogP contribution in [-0.4, -0.2) is 44.5 Å². The summed E-state index contributed by atoms with van der Waals surface area (Å²) in [5, 5.41) is 0. The number of hydrogen-bond donors (Lipinski definition) is 0. The predicted octanol–water partition coefficient (Wildman–Crippen LogP) is 7.32. The average Bonchev–Trinajstić information content (AvgIpc) is 3.06. The fourth-order valence-corrected chi connectivity index (χ4v) is 5.20. The van der Waals surface area contributed by atoms with Gasteiger partial charge in [-0.3, -0.25) is 19.2 Å². The highest BCUT2D eigenvalue weighted by atomic mass is 16.5. The van der Waals surface area contributed by atoms with E-state index in [1.54, 1.807) is 44.6 Å². The summed E-state index contributed by atoms with van der Waals surface area (Å²) in [4.78, 5) is 48.9. The van der Waals surface area contributed by atoms with Crippen molar-refractivity contribution in [3.63, 3.8) is 0 Å². The molecule has 0 fully saturated rings. The standard InChI is InChI=1S/C37H42O10/c1-6-19-44-34(39)17-18-36(41)46-26-13-16-29-33(22-26)47-32-21-25(45-35(40)10-8-7-9-30(38)23(2)3)12-15-28(32)37(29)27-14-11-24(42-4)20-31(27)43-5/h11-16,20-23,37H,6-10,17-19H2,1-5H3. The van der Waals surface area contributed by atoms with E-state index in [4.69, 9.17) is 28.4 Å². The summed E-state index contributed by atoms with van der Waals surface area (Å²) in [6.07, 6.45) is 2.29. The van der Waals surface area contributed by atoms with Crippen LogP contribution in [0, 0.1) is 5.92 Å². The van der Waals surface area contributed by atoms with Crippen molar-refractivity contribution < 1.29 is 47.6 Å². The number of ketones is 1. The molecule has 47 heavy (non-hydrogen) atoms. The van der Waals surface area contributed by atoms with Gasteiger partial charge in [0.15, 0.2) is 0 Å². The van der Waals surface area contributed by atoms with Gasteiger partial charge in [0.1, 0.15) is 40.3 Å². The van der Waals surface area contributed by atoms with E-state index in [2.05, 4.69) is 0 Å². The van der Waals surface area contributed by atoms with Crippen LogP contribution in [0.25, 0.3) is 0 Å². The largest absolute Gasteiger partial charge is 0.497 e. The molecule has 1 unspecified atom stereocenters. The van der Waals surface area contributed by atoms with Crippen LogP contribution in [0.5, 0.6) is 34.5 Å². The molecule has 0 spiro atoms. The van der Waals surface area contributed by atoms with Gasteiger partial charge in [-0.05, 0) is 37.5 Å². The lowest BCUT2D eigenvalue weighted by molar-refractivity contribution is -0.147. The lowest BCUT2D eigenvalue weighted by Gasteiger charge is -2.30. The molecule has 3 aromatic carbocycles. The molecule has 250 valence electrons. The number of rotatable bonds is 16. The van der Waals surface area contributed by atoms with Gasteiger partial charge in [0.05, 0.1) is 33.7 Å². The molecule has 0 bridgehead atoms. The van der Waals surface area contributed by atoms with Crippen molar-refractivity contribution >= 4 is 23.7 Å². The van der Waals surface area contributed by atoms with Crippen LogP contribution in [0.4, 0.5) is 0 Å². The van der Waals surface area contributed by atoms with Crippen LogP contribution >= 0.6 is 0 Å². The number of esters is 3. The second kappa shape index (κ2) is 16.6. The lowest BCUT2D eigenvalue weighted by atomic mass is 9.82. The van der Waals surface area contributed by atoms with Gasteiger partial charge < -0.3 is 28.4 Å². The maximum atomic E-state index is 12.6. The number of hydrogen-bond acceptors (Lipinski definition) is 10. The Bertz CT molecular complexity index is 1590. The minimum absolute atomic E-state index is 0.0199. The summed E-state index contributed by atoms with van der Waals surface area (Å²) in [7, 11) is 3.17. The predicted molar refractivity (Wildman–Crippen MR) is 174 cm³/mol. The molecule has 0 saturated heterocycles. The second-order valence-electron chi connectivity index (χ2n) is 11.5.